The molecule has 0 aliphatic carbocycles. The van der Waals surface area contributed by atoms with E-state index in [4.69, 9.17) is 11.6 Å². The summed E-state index contributed by atoms with van der Waals surface area (Å²) in [5.41, 5.74) is 3.41. The number of halogens is 1. The summed E-state index contributed by atoms with van der Waals surface area (Å²) in [6, 6.07) is 16.5. The summed E-state index contributed by atoms with van der Waals surface area (Å²) >= 11 is 6.27. The van der Waals surface area contributed by atoms with Crippen molar-refractivity contribution < 1.29 is 4.79 Å². The number of hydrogen-bond acceptors (Lipinski definition) is 3. The summed E-state index contributed by atoms with van der Waals surface area (Å²) in [5.74, 6) is 0.180. The van der Waals surface area contributed by atoms with Gasteiger partial charge in [-0.3, -0.25) is 9.69 Å². The van der Waals surface area contributed by atoms with E-state index in [1.165, 1.54) is 5.56 Å². The number of hydrogen-bond donors (Lipinski definition) is 1. The number of anilines is 1. The molecule has 1 heterocycles. The molecule has 4 nitrogen and oxygen atoms in total. The highest BCUT2D eigenvalue weighted by molar-refractivity contribution is 6.31. The molecule has 1 aliphatic rings. The van der Waals surface area contributed by atoms with Gasteiger partial charge in [-0.05, 0) is 36.1 Å². The lowest BCUT2D eigenvalue weighted by atomic mass is 10.1. The van der Waals surface area contributed by atoms with Gasteiger partial charge in [-0.25, -0.2) is 0 Å². The van der Waals surface area contributed by atoms with Gasteiger partial charge in [-0.2, -0.15) is 0 Å². The van der Waals surface area contributed by atoms with E-state index < -0.39 is 0 Å². The lowest BCUT2D eigenvalue weighted by Crippen LogP contribution is -2.35. The van der Waals surface area contributed by atoms with Gasteiger partial charge >= 0.3 is 0 Å². The second-order valence-corrected chi connectivity index (χ2v) is 7.80. The van der Waals surface area contributed by atoms with Crippen molar-refractivity contribution in [2.45, 2.75) is 39.3 Å². The molecule has 0 radical (unpaired) electrons. The molecule has 0 aromatic heterocycles. The SMILES string of the molecule is CCCC(=O)N1CCCN(Cc2ccccc2)CCNCc2ccc(Cl)cc21. The number of nitrogens with zero attached hydrogens (tertiary/aromatic N) is 2. The molecule has 0 unspecified atom stereocenters. The van der Waals surface area contributed by atoms with Crippen LogP contribution in [-0.2, 0) is 17.9 Å². The predicted octanol–water partition coefficient (Wildman–Crippen LogP) is 4.47. The predicted molar refractivity (Wildman–Crippen MR) is 117 cm³/mol. The molecular formula is C23H30ClN3O. The summed E-state index contributed by atoms with van der Waals surface area (Å²) in [4.78, 5) is 17.3. The highest BCUT2D eigenvalue weighted by Gasteiger charge is 2.20. The number of carbonyl (C=O) groups excluding carboxylic acids is 1. The second kappa shape index (κ2) is 10.6. The first kappa shape index (κ1) is 20.8. The zero-order valence-electron chi connectivity index (χ0n) is 16.7. The summed E-state index contributed by atoms with van der Waals surface area (Å²) in [5, 5.41) is 4.22. The van der Waals surface area contributed by atoms with E-state index in [0.717, 1.165) is 63.4 Å². The Morgan fingerprint density at radius 2 is 1.93 bits per heavy atom. The molecule has 2 aromatic carbocycles. The fourth-order valence-electron chi connectivity index (χ4n) is 3.69. The molecule has 0 saturated carbocycles. The van der Waals surface area contributed by atoms with E-state index in [1.54, 1.807) is 0 Å². The van der Waals surface area contributed by atoms with Gasteiger partial charge < -0.3 is 10.2 Å². The van der Waals surface area contributed by atoms with Gasteiger partial charge in [0, 0.05) is 56.4 Å². The number of benzene rings is 2. The normalized spacial score (nSPS) is 16.3. The molecule has 5 heteroatoms. The molecule has 1 aliphatic heterocycles. The highest BCUT2D eigenvalue weighted by Crippen LogP contribution is 2.26. The minimum atomic E-state index is 0.180. The van der Waals surface area contributed by atoms with E-state index in [2.05, 4.69) is 40.5 Å². The lowest BCUT2D eigenvalue weighted by Gasteiger charge is -2.27. The Kier molecular flexibility index (Phi) is 7.90. The first-order valence-corrected chi connectivity index (χ1v) is 10.6. The molecule has 150 valence electrons. The van der Waals surface area contributed by atoms with Crippen LogP contribution < -0.4 is 10.2 Å². The number of carbonyl (C=O) groups is 1. The molecule has 0 atom stereocenters. The van der Waals surface area contributed by atoms with Gasteiger partial charge in [0.1, 0.15) is 0 Å². The number of amides is 1. The van der Waals surface area contributed by atoms with E-state index >= 15 is 0 Å². The fraction of sp³-hybridized carbons (Fsp3) is 0.435. The molecule has 0 fully saturated rings. The van der Waals surface area contributed by atoms with Crippen molar-refractivity contribution in [2.75, 3.05) is 31.1 Å². The first-order chi connectivity index (χ1) is 13.7. The fourth-order valence-corrected chi connectivity index (χ4v) is 3.86. The first-order valence-electron chi connectivity index (χ1n) is 10.2. The molecule has 0 saturated heterocycles. The van der Waals surface area contributed by atoms with Crippen molar-refractivity contribution >= 4 is 23.2 Å². The maximum absolute atomic E-state index is 12.8. The summed E-state index contributed by atoms with van der Waals surface area (Å²) < 4.78 is 0. The summed E-state index contributed by atoms with van der Waals surface area (Å²) in [6.45, 7) is 7.30. The summed E-state index contributed by atoms with van der Waals surface area (Å²) in [7, 11) is 0. The van der Waals surface area contributed by atoms with E-state index in [0.29, 0.717) is 11.4 Å². The van der Waals surface area contributed by atoms with Crippen molar-refractivity contribution in [1.29, 1.82) is 0 Å². The molecule has 0 spiro atoms. The van der Waals surface area contributed by atoms with Crippen LogP contribution in [-0.4, -0.2) is 37.0 Å². The maximum Gasteiger partial charge on any atom is 0.226 e. The Balaban J connectivity index is 1.78. The van der Waals surface area contributed by atoms with Gasteiger partial charge in [0.2, 0.25) is 5.91 Å². The number of nitrogens with one attached hydrogen (secondary N) is 1. The minimum Gasteiger partial charge on any atom is -0.312 e. The van der Waals surface area contributed by atoms with E-state index in [9.17, 15) is 4.79 Å². The van der Waals surface area contributed by atoms with Crippen molar-refractivity contribution in [1.82, 2.24) is 10.2 Å². The van der Waals surface area contributed by atoms with E-state index in [1.807, 2.05) is 30.0 Å². The Morgan fingerprint density at radius 3 is 2.71 bits per heavy atom. The van der Waals surface area contributed by atoms with E-state index in [-0.39, 0.29) is 5.91 Å². The molecule has 2 aromatic rings. The lowest BCUT2D eigenvalue weighted by molar-refractivity contribution is -0.118. The van der Waals surface area contributed by atoms with Gasteiger partial charge in [0.05, 0.1) is 0 Å². The smallest absolute Gasteiger partial charge is 0.226 e. The van der Waals surface area contributed by atoms with Gasteiger partial charge in [-0.1, -0.05) is 54.9 Å². The molecule has 1 N–H and O–H groups in total. The van der Waals surface area contributed by atoms with Crippen LogP contribution in [0.1, 0.15) is 37.3 Å². The van der Waals surface area contributed by atoms with Crippen LogP contribution >= 0.6 is 11.6 Å². The standard InChI is InChI=1S/C23H30ClN3O/c1-2-7-23(28)27-14-6-13-26(18-19-8-4-3-5-9-19)15-12-25-17-20-10-11-21(24)16-22(20)27/h3-5,8-11,16,25H,2,6-7,12-15,17-18H2,1H3. The van der Waals surface area contributed by atoms with Crippen LogP contribution in [0.2, 0.25) is 5.02 Å². The molecule has 0 bridgehead atoms. The minimum absolute atomic E-state index is 0.180. The highest BCUT2D eigenvalue weighted by atomic mass is 35.5. The number of fused-ring (bicyclic) bond motifs is 1. The third-order valence-electron chi connectivity index (χ3n) is 5.13. The third-order valence-corrected chi connectivity index (χ3v) is 5.36. The Morgan fingerprint density at radius 1 is 1.11 bits per heavy atom. The average Bonchev–Trinajstić information content (AvgIpc) is 2.73. The second-order valence-electron chi connectivity index (χ2n) is 7.36. The topological polar surface area (TPSA) is 35.6 Å². The number of rotatable bonds is 4. The molecule has 1 amide bonds. The largest absolute Gasteiger partial charge is 0.312 e. The van der Waals surface area contributed by atoms with Crippen molar-refractivity contribution in [3.8, 4) is 0 Å². The zero-order valence-corrected chi connectivity index (χ0v) is 17.4. The van der Waals surface area contributed by atoms with Crippen LogP contribution in [0.4, 0.5) is 5.69 Å². The average molecular weight is 400 g/mol. The maximum atomic E-state index is 12.8. The zero-order chi connectivity index (χ0) is 19.8. The van der Waals surface area contributed by atoms with Crippen LogP contribution in [0.3, 0.4) is 0 Å². The quantitative estimate of drug-likeness (QED) is 0.823. The summed E-state index contributed by atoms with van der Waals surface area (Å²) in [6.07, 6.45) is 2.35. The van der Waals surface area contributed by atoms with Crippen molar-refractivity contribution in [3.05, 3.63) is 64.7 Å². The Hall–Kier alpha value is -1.88. The monoisotopic (exact) mass is 399 g/mol. The van der Waals surface area contributed by atoms with Crippen LogP contribution in [0, 0.1) is 0 Å². The van der Waals surface area contributed by atoms with Crippen LogP contribution in [0.15, 0.2) is 48.5 Å². The van der Waals surface area contributed by atoms with Gasteiger partial charge in [-0.15, -0.1) is 0 Å². The third kappa shape index (κ3) is 5.81. The molecular weight excluding hydrogens is 370 g/mol. The van der Waals surface area contributed by atoms with Crippen LogP contribution in [0.25, 0.3) is 0 Å². The van der Waals surface area contributed by atoms with Gasteiger partial charge in [0.15, 0.2) is 0 Å². The van der Waals surface area contributed by atoms with Crippen molar-refractivity contribution in [2.24, 2.45) is 0 Å². The molecule has 3 rings (SSSR count). The Bertz CT molecular complexity index is 766. The Labute approximate surface area is 173 Å². The van der Waals surface area contributed by atoms with Crippen LogP contribution in [0.5, 0.6) is 0 Å². The molecule has 28 heavy (non-hydrogen) atoms. The van der Waals surface area contributed by atoms with Gasteiger partial charge in [0.25, 0.3) is 0 Å². The van der Waals surface area contributed by atoms with Crippen molar-refractivity contribution in [3.63, 3.8) is 0 Å².